The van der Waals surface area contributed by atoms with Gasteiger partial charge in [0.1, 0.15) is 0 Å². The summed E-state index contributed by atoms with van der Waals surface area (Å²) in [5.74, 6) is 0.981. The highest BCUT2D eigenvalue weighted by Gasteiger charge is 2.37. The summed E-state index contributed by atoms with van der Waals surface area (Å²) >= 11 is 0. The SMILES string of the molecule is CCCN(C(=O)OCC)N1CCC(C2CCCN(CC)C2=O)CC1. The number of piperidine rings is 2. The van der Waals surface area contributed by atoms with Crippen LogP contribution in [-0.4, -0.2) is 66.2 Å². The van der Waals surface area contributed by atoms with Gasteiger partial charge in [-0.25, -0.2) is 14.8 Å². The van der Waals surface area contributed by atoms with E-state index in [-0.39, 0.29) is 12.0 Å². The van der Waals surface area contributed by atoms with Gasteiger partial charge in [0, 0.05) is 38.6 Å². The molecule has 2 saturated heterocycles. The van der Waals surface area contributed by atoms with Gasteiger partial charge in [0.2, 0.25) is 5.91 Å². The molecule has 0 radical (unpaired) electrons. The highest BCUT2D eigenvalue weighted by molar-refractivity contribution is 5.79. The van der Waals surface area contributed by atoms with E-state index >= 15 is 0 Å². The van der Waals surface area contributed by atoms with Crippen LogP contribution in [0.25, 0.3) is 0 Å². The van der Waals surface area contributed by atoms with Crippen molar-refractivity contribution in [3.8, 4) is 0 Å². The minimum absolute atomic E-state index is 0.183. The van der Waals surface area contributed by atoms with Gasteiger partial charge in [0.15, 0.2) is 0 Å². The third-order valence-electron chi connectivity index (χ3n) is 5.29. The van der Waals surface area contributed by atoms with Crippen molar-refractivity contribution in [1.29, 1.82) is 0 Å². The van der Waals surface area contributed by atoms with Crippen LogP contribution >= 0.6 is 0 Å². The summed E-state index contributed by atoms with van der Waals surface area (Å²) in [5, 5.41) is 3.86. The molecule has 6 nitrogen and oxygen atoms in total. The number of carbonyl (C=O) groups is 2. The molecule has 2 fully saturated rings. The number of amides is 2. The van der Waals surface area contributed by atoms with Crippen LogP contribution in [0.3, 0.4) is 0 Å². The first-order chi connectivity index (χ1) is 11.6. The molecule has 6 heteroatoms. The molecule has 138 valence electrons. The van der Waals surface area contributed by atoms with Crippen LogP contribution in [0.2, 0.25) is 0 Å². The van der Waals surface area contributed by atoms with Crippen LogP contribution in [0.4, 0.5) is 4.79 Å². The van der Waals surface area contributed by atoms with E-state index in [1.807, 2.05) is 11.8 Å². The summed E-state index contributed by atoms with van der Waals surface area (Å²) < 4.78 is 5.18. The molecule has 2 heterocycles. The molecule has 2 amide bonds. The van der Waals surface area contributed by atoms with E-state index in [9.17, 15) is 9.59 Å². The van der Waals surface area contributed by atoms with Crippen LogP contribution in [0.1, 0.15) is 52.9 Å². The third kappa shape index (κ3) is 4.41. The zero-order valence-electron chi connectivity index (χ0n) is 15.5. The molecule has 0 aromatic carbocycles. The van der Waals surface area contributed by atoms with Gasteiger partial charge in [-0.05, 0) is 51.9 Å². The fourth-order valence-corrected chi connectivity index (χ4v) is 4.01. The molecule has 1 unspecified atom stereocenters. The van der Waals surface area contributed by atoms with Gasteiger partial charge in [0.25, 0.3) is 0 Å². The van der Waals surface area contributed by atoms with Gasteiger partial charge < -0.3 is 9.64 Å². The van der Waals surface area contributed by atoms with E-state index in [1.54, 1.807) is 5.01 Å². The summed E-state index contributed by atoms with van der Waals surface area (Å²) in [4.78, 5) is 26.7. The number of hydrogen-bond donors (Lipinski definition) is 0. The Bertz CT molecular complexity index is 410. The number of hydrazine groups is 1. The van der Waals surface area contributed by atoms with Crippen LogP contribution in [0.15, 0.2) is 0 Å². The van der Waals surface area contributed by atoms with Crippen LogP contribution in [-0.2, 0) is 9.53 Å². The van der Waals surface area contributed by atoms with Gasteiger partial charge in [-0.3, -0.25) is 4.79 Å². The van der Waals surface area contributed by atoms with Gasteiger partial charge in [-0.15, -0.1) is 0 Å². The lowest BCUT2D eigenvalue weighted by Crippen LogP contribution is -2.52. The summed E-state index contributed by atoms with van der Waals surface area (Å²) in [6.07, 6.45) is 4.77. The standard InChI is InChI=1S/C18H33N3O3/c1-4-11-21(18(23)24-6-3)20-13-9-15(10-14-20)16-8-7-12-19(5-2)17(16)22/h15-16H,4-14H2,1-3H3. The normalized spacial score (nSPS) is 23.4. The highest BCUT2D eigenvalue weighted by atomic mass is 16.6. The third-order valence-corrected chi connectivity index (χ3v) is 5.29. The fraction of sp³-hybridized carbons (Fsp3) is 0.889. The van der Waals surface area contributed by atoms with Gasteiger partial charge in [-0.2, -0.15) is 0 Å². The number of ether oxygens (including phenoxy) is 1. The Morgan fingerprint density at radius 3 is 2.46 bits per heavy atom. The predicted octanol–water partition coefficient (Wildman–Crippen LogP) is 2.74. The van der Waals surface area contributed by atoms with Crippen molar-refractivity contribution in [2.75, 3.05) is 39.3 Å². The lowest BCUT2D eigenvalue weighted by atomic mass is 9.79. The summed E-state index contributed by atoms with van der Waals surface area (Å²) in [5.41, 5.74) is 0. The Balaban J connectivity index is 1.91. The maximum atomic E-state index is 12.6. The highest BCUT2D eigenvalue weighted by Crippen LogP contribution is 2.32. The van der Waals surface area contributed by atoms with Crippen LogP contribution < -0.4 is 0 Å². The number of carbonyl (C=O) groups excluding carboxylic acids is 2. The number of likely N-dealkylation sites (tertiary alicyclic amines) is 1. The minimum Gasteiger partial charge on any atom is -0.449 e. The maximum absolute atomic E-state index is 12.6. The second-order valence-electron chi connectivity index (χ2n) is 6.78. The lowest BCUT2D eigenvalue weighted by molar-refractivity contribution is -0.142. The molecular weight excluding hydrogens is 306 g/mol. The van der Waals surface area contributed by atoms with Crippen molar-refractivity contribution in [2.45, 2.75) is 52.9 Å². The van der Waals surface area contributed by atoms with E-state index < -0.39 is 0 Å². The molecule has 0 aromatic heterocycles. The first-order valence-corrected chi connectivity index (χ1v) is 9.60. The summed E-state index contributed by atoms with van der Waals surface area (Å²) in [6.45, 7) is 10.5. The quantitative estimate of drug-likeness (QED) is 0.747. The molecule has 0 bridgehead atoms. The molecular formula is C18H33N3O3. The van der Waals surface area contributed by atoms with E-state index in [0.717, 1.165) is 58.3 Å². The molecule has 2 rings (SSSR count). The van der Waals surface area contributed by atoms with Gasteiger partial charge in [0.05, 0.1) is 6.61 Å². The molecule has 2 aliphatic heterocycles. The zero-order valence-corrected chi connectivity index (χ0v) is 15.5. The van der Waals surface area contributed by atoms with Crippen molar-refractivity contribution in [3.05, 3.63) is 0 Å². The topological polar surface area (TPSA) is 53.1 Å². The minimum atomic E-state index is -0.247. The number of hydrogen-bond acceptors (Lipinski definition) is 4. The number of nitrogens with zero attached hydrogens (tertiary/aromatic N) is 3. The molecule has 0 spiro atoms. The van der Waals surface area contributed by atoms with Crippen molar-refractivity contribution in [3.63, 3.8) is 0 Å². The van der Waals surface area contributed by atoms with Crippen molar-refractivity contribution < 1.29 is 14.3 Å². The Hall–Kier alpha value is -1.30. The largest absolute Gasteiger partial charge is 0.449 e. The van der Waals surface area contributed by atoms with Crippen LogP contribution in [0, 0.1) is 11.8 Å². The average Bonchev–Trinajstić information content (AvgIpc) is 2.60. The monoisotopic (exact) mass is 339 g/mol. The number of rotatable bonds is 6. The molecule has 0 N–H and O–H groups in total. The predicted molar refractivity (Wildman–Crippen MR) is 93.3 cm³/mol. The van der Waals surface area contributed by atoms with E-state index in [4.69, 9.17) is 4.74 Å². The van der Waals surface area contributed by atoms with E-state index in [0.29, 0.717) is 25.0 Å². The second-order valence-corrected chi connectivity index (χ2v) is 6.78. The Labute approximate surface area is 146 Å². The van der Waals surface area contributed by atoms with Crippen molar-refractivity contribution >= 4 is 12.0 Å². The average molecular weight is 339 g/mol. The Kier molecular flexibility index (Phi) is 7.34. The first kappa shape index (κ1) is 19.0. The van der Waals surface area contributed by atoms with Gasteiger partial charge in [-0.1, -0.05) is 6.92 Å². The Morgan fingerprint density at radius 1 is 1.17 bits per heavy atom. The smallest absolute Gasteiger partial charge is 0.424 e. The van der Waals surface area contributed by atoms with Crippen molar-refractivity contribution in [2.24, 2.45) is 11.8 Å². The van der Waals surface area contributed by atoms with E-state index in [1.165, 1.54) is 0 Å². The zero-order chi connectivity index (χ0) is 17.5. The van der Waals surface area contributed by atoms with E-state index in [2.05, 4.69) is 18.9 Å². The lowest BCUT2D eigenvalue weighted by Gasteiger charge is -2.42. The summed E-state index contributed by atoms with van der Waals surface area (Å²) in [7, 11) is 0. The van der Waals surface area contributed by atoms with Gasteiger partial charge >= 0.3 is 6.09 Å². The molecule has 0 aromatic rings. The second kappa shape index (κ2) is 9.25. The molecule has 0 aliphatic carbocycles. The van der Waals surface area contributed by atoms with Crippen molar-refractivity contribution in [1.82, 2.24) is 14.9 Å². The first-order valence-electron chi connectivity index (χ1n) is 9.60. The van der Waals surface area contributed by atoms with Crippen LogP contribution in [0.5, 0.6) is 0 Å². The fourth-order valence-electron chi connectivity index (χ4n) is 4.01. The molecule has 1 atom stereocenters. The maximum Gasteiger partial charge on any atom is 0.424 e. The molecule has 24 heavy (non-hydrogen) atoms. The molecule has 2 aliphatic rings. The summed E-state index contributed by atoms with van der Waals surface area (Å²) in [6, 6.07) is 0. The Morgan fingerprint density at radius 2 is 1.88 bits per heavy atom. The molecule has 0 saturated carbocycles.